The van der Waals surface area contributed by atoms with E-state index in [4.69, 9.17) is 14.2 Å². The predicted octanol–water partition coefficient (Wildman–Crippen LogP) is 2.41. The minimum absolute atomic E-state index is 0.0653. The van der Waals surface area contributed by atoms with E-state index in [-0.39, 0.29) is 18.5 Å². The van der Waals surface area contributed by atoms with Crippen LogP contribution in [0.25, 0.3) is 0 Å². The number of esters is 1. The number of rotatable bonds is 3. The third-order valence-electron chi connectivity index (χ3n) is 2.04. The lowest BCUT2D eigenvalue weighted by Crippen LogP contribution is -2.37. The molecule has 1 fully saturated rings. The Morgan fingerprint density at radius 2 is 2.00 bits per heavy atom. The zero-order valence-corrected chi connectivity index (χ0v) is 11.8. The van der Waals surface area contributed by atoms with Crippen molar-refractivity contribution in [1.29, 1.82) is 0 Å². The van der Waals surface area contributed by atoms with Crippen molar-refractivity contribution in [3.05, 3.63) is 0 Å². The zero-order chi connectivity index (χ0) is 13.1. The molecule has 0 aromatic carbocycles. The molecule has 17 heavy (non-hydrogen) atoms. The molecular formula is C11H17BrO5. The summed E-state index contributed by atoms with van der Waals surface area (Å²) in [6.07, 6.45) is -0.877. The van der Waals surface area contributed by atoms with E-state index in [1.54, 1.807) is 20.8 Å². The first-order valence-electron chi connectivity index (χ1n) is 5.45. The molecule has 1 rings (SSSR count). The molecule has 0 aromatic heterocycles. The highest BCUT2D eigenvalue weighted by Crippen LogP contribution is 2.20. The maximum Gasteiger partial charge on any atom is 0.508 e. The fourth-order valence-electron chi connectivity index (χ4n) is 1.48. The zero-order valence-electron chi connectivity index (χ0n) is 10.2. The molecule has 1 saturated heterocycles. The highest BCUT2D eigenvalue weighted by atomic mass is 79.9. The number of halogens is 1. The van der Waals surface area contributed by atoms with Crippen LogP contribution in [0.15, 0.2) is 0 Å². The fraction of sp³-hybridized carbons (Fsp3) is 0.818. The molecule has 0 amide bonds. The number of cyclic esters (lactones) is 2. The molecule has 0 aliphatic carbocycles. The summed E-state index contributed by atoms with van der Waals surface area (Å²) in [6.45, 7) is 5.38. The molecule has 0 saturated carbocycles. The molecule has 0 aromatic rings. The van der Waals surface area contributed by atoms with Gasteiger partial charge in [0.15, 0.2) is 0 Å². The molecule has 0 radical (unpaired) electrons. The normalized spacial score (nSPS) is 24.8. The van der Waals surface area contributed by atoms with Crippen molar-refractivity contribution in [2.75, 3.05) is 5.33 Å². The molecule has 6 heteroatoms. The van der Waals surface area contributed by atoms with Crippen molar-refractivity contribution in [1.82, 2.24) is 0 Å². The fourth-order valence-corrected chi connectivity index (χ4v) is 1.87. The summed E-state index contributed by atoms with van der Waals surface area (Å²) in [5.41, 5.74) is -0.527. The smallest absolute Gasteiger partial charge is 0.460 e. The largest absolute Gasteiger partial charge is 0.508 e. The molecule has 98 valence electrons. The summed E-state index contributed by atoms with van der Waals surface area (Å²) in [7, 11) is 0. The van der Waals surface area contributed by atoms with Gasteiger partial charge in [-0.25, -0.2) is 4.79 Å². The van der Waals surface area contributed by atoms with Gasteiger partial charge in [-0.15, -0.1) is 0 Å². The topological polar surface area (TPSA) is 61.8 Å². The standard InChI is InChI=1S/C11H17BrO5/c1-11(2,3)17-9(13)5-7-4-8(6-12)16-10(14)15-7/h7-8H,4-6H2,1-3H3/t7-,8+/m1/s1. The van der Waals surface area contributed by atoms with Crippen LogP contribution in [0, 0.1) is 0 Å². The Bertz CT molecular complexity index is 297. The van der Waals surface area contributed by atoms with E-state index in [0.717, 1.165) is 0 Å². The Morgan fingerprint density at radius 3 is 2.53 bits per heavy atom. The third-order valence-corrected chi connectivity index (χ3v) is 2.76. The summed E-state index contributed by atoms with van der Waals surface area (Å²) in [5.74, 6) is -0.370. The second kappa shape index (κ2) is 5.71. The Morgan fingerprint density at radius 1 is 1.41 bits per heavy atom. The first-order chi connectivity index (χ1) is 7.80. The van der Waals surface area contributed by atoms with Crippen molar-refractivity contribution in [2.45, 2.75) is 51.4 Å². The second-order valence-corrected chi connectivity index (χ2v) is 5.56. The highest BCUT2D eigenvalue weighted by molar-refractivity contribution is 9.09. The van der Waals surface area contributed by atoms with Crippen LogP contribution >= 0.6 is 15.9 Å². The molecule has 1 aliphatic heterocycles. The van der Waals surface area contributed by atoms with Crippen molar-refractivity contribution in [2.24, 2.45) is 0 Å². The first-order valence-corrected chi connectivity index (χ1v) is 6.57. The molecule has 0 bridgehead atoms. The molecule has 0 N–H and O–H groups in total. The van der Waals surface area contributed by atoms with Crippen LogP contribution in [0.2, 0.25) is 0 Å². The van der Waals surface area contributed by atoms with Crippen molar-refractivity contribution >= 4 is 28.1 Å². The van der Waals surface area contributed by atoms with Gasteiger partial charge in [-0.3, -0.25) is 4.79 Å². The lowest BCUT2D eigenvalue weighted by molar-refractivity contribution is -0.159. The number of carbonyl (C=O) groups excluding carboxylic acids is 2. The van der Waals surface area contributed by atoms with Crippen LogP contribution in [-0.2, 0) is 19.0 Å². The predicted molar refractivity (Wildman–Crippen MR) is 64.0 cm³/mol. The molecular weight excluding hydrogens is 292 g/mol. The lowest BCUT2D eigenvalue weighted by atomic mass is 10.1. The number of ether oxygens (including phenoxy) is 3. The van der Waals surface area contributed by atoms with Gasteiger partial charge in [0.05, 0.1) is 6.42 Å². The SMILES string of the molecule is CC(C)(C)OC(=O)C[C@H]1C[C@@H](CBr)OC(=O)O1. The summed E-state index contributed by atoms with van der Waals surface area (Å²) in [6, 6.07) is 0. The average molecular weight is 309 g/mol. The summed E-state index contributed by atoms with van der Waals surface area (Å²) < 4.78 is 15.0. The summed E-state index contributed by atoms with van der Waals surface area (Å²) in [4.78, 5) is 22.7. The maximum absolute atomic E-state index is 11.6. The van der Waals surface area contributed by atoms with Crippen LogP contribution in [-0.4, -0.2) is 35.3 Å². The van der Waals surface area contributed by atoms with E-state index < -0.39 is 17.9 Å². The minimum atomic E-state index is -0.728. The monoisotopic (exact) mass is 308 g/mol. The molecule has 0 spiro atoms. The van der Waals surface area contributed by atoms with Gasteiger partial charge < -0.3 is 14.2 Å². The number of alkyl halides is 1. The van der Waals surface area contributed by atoms with Gasteiger partial charge in [0.2, 0.25) is 0 Å². The van der Waals surface area contributed by atoms with Gasteiger partial charge in [-0.05, 0) is 20.8 Å². The number of hydrogen-bond acceptors (Lipinski definition) is 5. The van der Waals surface area contributed by atoms with E-state index >= 15 is 0 Å². The Kier molecular flexibility index (Phi) is 4.80. The van der Waals surface area contributed by atoms with E-state index in [1.807, 2.05) is 0 Å². The summed E-state index contributed by atoms with van der Waals surface area (Å²) >= 11 is 3.23. The van der Waals surface area contributed by atoms with Crippen LogP contribution in [0.5, 0.6) is 0 Å². The van der Waals surface area contributed by atoms with E-state index in [1.165, 1.54) is 0 Å². The lowest BCUT2D eigenvalue weighted by Gasteiger charge is -2.28. The molecule has 1 heterocycles. The minimum Gasteiger partial charge on any atom is -0.460 e. The number of carbonyl (C=O) groups is 2. The first kappa shape index (κ1) is 14.3. The van der Waals surface area contributed by atoms with Crippen LogP contribution in [0.3, 0.4) is 0 Å². The molecule has 5 nitrogen and oxygen atoms in total. The van der Waals surface area contributed by atoms with Gasteiger partial charge in [0.1, 0.15) is 17.8 Å². The van der Waals surface area contributed by atoms with Crippen molar-refractivity contribution < 1.29 is 23.8 Å². The van der Waals surface area contributed by atoms with E-state index in [9.17, 15) is 9.59 Å². The third kappa shape index (κ3) is 5.39. The van der Waals surface area contributed by atoms with E-state index in [0.29, 0.717) is 11.8 Å². The van der Waals surface area contributed by atoms with Gasteiger partial charge in [0.25, 0.3) is 0 Å². The quantitative estimate of drug-likeness (QED) is 0.592. The molecule has 0 unspecified atom stereocenters. The van der Waals surface area contributed by atoms with Gasteiger partial charge in [-0.2, -0.15) is 0 Å². The van der Waals surface area contributed by atoms with Crippen LogP contribution in [0.1, 0.15) is 33.6 Å². The Balaban J connectivity index is 2.45. The van der Waals surface area contributed by atoms with Gasteiger partial charge in [-0.1, -0.05) is 15.9 Å². The summed E-state index contributed by atoms with van der Waals surface area (Å²) in [5, 5.41) is 0.535. The van der Waals surface area contributed by atoms with Crippen molar-refractivity contribution in [3.8, 4) is 0 Å². The van der Waals surface area contributed by atoms with Gasteiger partial charge >= 0.3 is 12.1 Å². The highest BCUT2D eigenvalue weighted by Gasteiger charge is 2.32. The van der Waals surface area contributed by atoms with E-state index in [2.05, 4.69) is 15.9 Å². The van der Waals surface area contributed by atoms with Crippen LogP contribution < -0.4 is 0 Å². The van der Waals surface area contributed by atoms with Gasteiger partial charge in [0, 0.05) is 11.8 Å². The number of hydrogen-bond donors (Lipinski definition) is 0. The van der Waals surface area contributed by atoms with Crippen molar-refractivity contribution in [3.63, 3.8) is 0 Å². The van der Waals surface area contributed by atoms with Crippen LogP contribution in [0.4, 0.5) is 4.79 Å². The Labute approximate surface area is 109 Å². The molecule has 2 atom stereocenters. The Hall–Kier alpha value is -0.780. The average Bonchev–Trinajstić information content (AvgIpc) is 2.13. The second-order valence-electron chi connectivity index (χ2n) is 4.91. The maximum atomic E-state index is 11.6. The molecule has 1 aliphatic rings.